The van der Waals surface area contributed by atoms with Crippen LogP contribution in [-0.4, -0.2) is 46.6 Å². The Morgan fingerprint density at radius 1 is 0.811 bits per heavy atom. The molecule has 1 aromatic heterocycles. The summed E-state index contributed by atoms with van der Waals surface area (Å²) >= 11 is 0. The molecule has 37 heavy (non-hydrogen) atoms. The molecule has 4 aromatic rings. The molecule has 192 valence electrons. The van der Waals surface area contributed by atoms with Crippen LogP contribution in [0.2, 0.25) is 0 Å². The first kappa shape index (κ1) is 24.5. The Labute approximate surface area is 214 Å². The Balaban J connectivity index is 1.42. The third kappa shape index (κ3) is 4.80. The van der Waals surface area contributed by atoms with Crippen molar-refractivity contribution in [2.45, 2.75) is 13.0 Å². The number of nitrogens with zero attached hydrogens (tertiary/aromatic N) is 1. The van der Waals surface area contributed by atoms with Gasteiger partial charge in [0.25, 0.3) is 0 Å². The molecule has 0 aliphatic carbocycles. The third-order valence-electron chi connectivity index (χ3n) is 6.61. The van der Waals surface area contributed by atoms with Gasteiger partial charge in [0.15, 0.2) is 11.5 Å². The number of hydrogen-bond donors (Lipinski definition) is 0. The molecule has 3 aromatic carbocycles. The van der Waals surface area contributed by atoms with E-state index in [1.807, 2.05) is 36.4 Å². The van der Waals surface area contributed by atoms with Gasteiger partial charge >= 0.3 is 5.63 Å². The van der Waals surface area contributed by atoms with Crippen LogP contribution in [0.1, 0.15) is 11.1 Å². The van der Waals surface area contributed by atoms with Crippen molar-refractivity contribution in [3.8, 4) is 39.9 Å². The summed E-state index contributed by atoms with van der Waals surface area (Å²) in [5.74, 6) is 3.32. The van der Waals surface area contributed by atoms with E-state index in [1.54, 1.807) is 46.6 Å². The van der Waals surface area contributed by atoms with Crippen molar-refractivity contribution in [2.75, 3.05) is 41.7 Å². The summed E-state index contributed by atoms with van der Waals surface area (Å²) in [7, 11) is 6.40. The zero-order valence-electron chi connectivity index (χ0n) is 21.3. The highest BCUT2D eigenvalue weighted by Gasteiger charge is 2.23. The van der Waals surface area contributed by atoms with Crippen LogP contribution < -0.4 is 29.3 Å². The fraction of sp³-hybridized carbons (Fsp3) is 0.276. The van der Waals surface area contributed by atoms with Crippen LogP contribution in [0.3, 0.4) is 0 Å². The Morgan fingerprint density at radius 3 is 2.35 bits per heavy atom. The number of rotatable bonds is 8. The van der Waals surface area contributed by atoms with Crippen molar-refractivity contribution < 1.29 is 28.1 Å². The van der Waals surface area contributed by atoms with Gasteiger partial charge in [0.1, 0.15) is 29.6 Å². The molecule has 0 unspecified atom stereocenters. The van der Waals surface area contributed by atoms with Gasteiger partial charge in [-0.05, 0) is 60.5 Å². The third-order valence-corrected chi connectivity index (χ3v) is 6.61. The Bertz CT molecular complexity index is 1490. The number of hydrogen-bond acceptors (Lipinski definition) is 8. The fourth-order valence-corrected chi connectivity index (χ4v) is 4.62. The van der Waals surface area contributed by atoms with Crippen molar-refractivity contribution in [1.82, 2.24) is 4.90 Å². The molecule has 1 aliphatic rings. The Morgan fingerprint density at radius 2 is 1.59 bits per heavy atom. The number of methoxy groups -OCH3 is 4. The molecule has 5 rings (SSSR count). The second-order valence-electron chi connectivity index (χ2n) is 8.74. The maximum absolute atomic E-state index is 13.2. The quantitative estimate of drug-likeness (QED) is 0.315. The summed E-state index contributed by atoms with van der Waals surface area (Å²) in [6.45, 7) is 1.81. The van der Waals surface area contributed by atoms with E-state index in [2.05, 4.69) is 4.90 Å². The van der Waals surface area contributed by atoms with Crippen LogP contribution in [0.5, 0.6) is 28.7 Å². The maximum atomic E-state index is 13.2. The fourth-order valence-electron chi connectivity index (χ4n) is 4.62. The highest BCUT2D eigenvalue weighted by Crippen LogP contribution is 2.36. The summed E-state index contributed by atoms with van der Waals surface area (Å²) in [6.07, 6.45) is 0.799. The van der Waals surface area contributed by atoms with Gasteiger partial charge in [-0.25, -0.2) is 4.79 Å². The normalized spacial score (nSPS) is 13.1. The van der Waals surface area contributed by atoms with Gasteiger partial charge in [0, 0.05) is 24.0 Å². The molecule has 0 saturated carbocycles. The number of benzene rings is 3. The predicted molar refractivity (Wildman–Crippen MR) is 140 cm³/mol. The zero-order chi connectivity index (χ0) is 25.9. The van der Waals surface area contributed by atoms with Crippen LogP contribution >= 0.6 is 0 Å². The molecule has 0 atom stereocenters. The first-order valence-corrected chi connectivity index (χ1v) is 11.9. The van der Waals surface area contributed by atoms with Crippen LogP contribution in [0, 0.1) is 0 Å². The molecule has 1 aliphatic heterocycles. The second kappa shape index (κ2) is 10.4. The van der Waals surface area contributed by atoms with E-state index in [-0.39, 0.29) is 0 Å². The van der Waals surface area contributed by atoms with Crippen molar-refractivity contribution in [1.29, 1.82) is 0 Å². The molecule has 0 spiro atoms. The predicted octanol–water partition coefficient (Wildman–Crippen LogP) is 4.89. The molecular formula is C29H29NO7. The molecule has 0 radical (unpaired) electrons. The SMILES string of the molecule is COc1ccc(OC)c(-c2cc3ccc4c(c3oc2=O)CN(CCc2ccc(OC)c(OC)c2)CO4)c1. The summed E-state index contributed by atoms with van der Waals surface area (Å²) in [6, 6.07) is 16.9. The molecule has 8 nitrogen and oxygen atoms in total. The van der Waals surface area contributed by atoms with E-state index in [9.17, 15) is 4.79 Å². The molecule has 2 heterocycles. The van der Waals surface area contributed by atoms with Gasteiger partial charge < -0.3 is 28.1 Å². The zero-order valence-corrected chi connectivity index (χ0v) is 21.3. The van der Waals surface area contributed by atoms with Gasteiger partial charge in [0.2, 0.25) is 0 Å². The summed E-state index contributed by atoms with van der Waals surface area (Å²) in [4.78, 5) is 15.3. The van der Waals surface area contributed by atoms with Crippen molar-refractivity contribution in [2.24, 2.45) is 0 Å². The van der Waals surface area contributed by atoms with Crippen LogP contribution in [0.25, 0.3) is 22.1 Å². The monoisotopic (exact) mass is 503 g/mol. The average molecular weight is 504 g/mol. The number of fused-ring (bicyclic) bond motifs is 3. The molecule has 0 fully saturated rings. The number of ether oxygens (including phenoxy) is 5. The molecule has 0 amide bonds. The highest BCUT2D eigenvalue weighted by molar-refractivity contribution is 5.87. The molecule has 0 saturated heterocycles. The lowest BCUT2D eigenvalue weighted by Crippen LogP contribution is -2.33. The van der Waals surface area contributed by atoms with Gasteiger partial charge in [-0.3, -0.25) is 4.90 Å². The van der Waals surface area contributed by atoms with Gasteiger partial charge in [-0.15, -0.1) is 0 Å². The molecule has 0 N–H and O–H groups in total. The minimum absolute atomic E-state index is 0.408. The van der Waals surface area contributed by atoms with Crippen LogP contribution in [0.4, 0.5) is 0 Å². The summed E-state index contributed by atoms with van der Waals surface area (Å²) < 4.78 is 33.5. The van der Waals surface area contributed by atoms with Crippen LogP contribution in [0.15, 0.2) is 63.8 Å². The average Bonchev–Trinajstić information content (AvgIpc) is 2.95. The first-order valence-electron chi connectivity index (χ1n) is 11.9. The smallest absolute Gasteiger partial charge is 0.344 e. The van der Waals surface area contributed by atoms with E-state index < -0.39 is 5.63 Å². The van der Waals surface area contributed by atoms with E-state index in [1.165, 1.54) is 0 Å². The standard InChI is InChI=1S/C29H29NO7/c1-32-20-7-10-24(33-2)21(15-20)22-14-19-6-9-25-23(28(19)37-29(22)31)16-30(17-36-25)12-11-18-5-8-26(34-3)27(13-18)35-4/h5-10,13-15H,11-12,16-17H2,1-4H3. The van der Waals surface area contributed by atoms with E-state index in [0.29, 0.717) is 53.0 Å². The van der Waals surface area contributed by atoms with E-state index in [0.717, 1.165) is 35.2 Å². The lowest BCUT2D eigenvalue weighted by atomic mass is 10.0. The van der Waals surface area contributed by atoms with Gasteiger partial charge in [0.05, 0.1) is 39.6 Å². The minimum atomic E-state index is -0.449. The Kier molecular flexibility index (Phi) is 6.92. The molecule has 0 bridgehead atoms. The highest BCUT2D eigenvalue weighted by atomic mass is 16.5. The van der Waals surface area contributed by atoms with Crippen molar-refractivity contribution in [3.05, 3.63) is 76.1 Å². The second-order valence-corrected chi connectivity index (χ2v) is 8.74. The summed E-state index contributed by atoms with van der Waals surface area (Å²) in [5.41, 5.74) is 3.09. The van der Waals surface area contributed by atoms with Crippen LogP contribution in [-0.2, 0) is 13.0 Å². The van der Waals surface area contributed by atoms with Crippen molar-refractivity contribution >= 4 is 11.0 Å². The van der Waals surface area contributed by atoms with Gasteiger partial charge in [-0.2, -0.15) is 0 Å². The molecular weight excluding hydrogens is 474 g/mol. The largest absolute Gasteiger partial charge is 0.497 e. The Hall–Kier alpha value is -4.17. The van der Waals surface area contributed by atoms with Gasteiger partial charge in [-0.1, -0.05) is 6.07 Å². The topological polar surface area (TPSA) is 79.6 Å². The van der Waals surface area contributed by atoms with E-state index in [4.69, 9.17) is 28.1 Å². The molecule has 8 heteroatoms. The first-order chi connectivity index (χ1) is 18.0. The summed E-state index contributed by atoms with van der Waals surface area (Å²) in [5, 5.41) is 0.809. The lowest BCUT2D eigenvalue weighted by molar-refractivity contribution is 0.0967. The maximum Gasteiger partial charge on any atom is 0.344 e. The lowest BCUT2D eigenvalue weighted by Gasteiger charge is -2.29. The minimum Gasteiger partial charge on any atom is -0.497 e. The van der Waals surface area contributed by atoms with E-state index >= 15 is 0 Å². The van der Waals surface area contributed by atoms with Crippen molar-refractivity contribution in [3.63, 3.8) is 0 Å².